The molecule has 1 aliphatic heterocycles. The molecule has 6 nitrogen and oxygen atoms in total. The number of nitrogens with one attached hydrogen (secondary N) is 2. The molecule has 2 N–H and O–H groups in total. The van der Waals surface area contributed by atoms with Gasteiger partial charge in [0.05, 0.1) is 0 Å². The number of pyridine rings is 1. The van der Waals surface area contributed by atoms with E-state index in [-0.39, 0.29) is 43.1 Å². The summed E-state index contributed by atoms with van der Waals surface area (Å²) >= 11 is 0. The van der Waals surface area contributed by atoms with Crippen molar-refractivity contribution >= 4 is 48.9 Å². The predicted molar refractivity (Wildman–Crippen MR) is 111 cm³/mol. The van der Waals surface area contributed by atoms with E-state index in [1.54, 1.807) is 0 Å². The third-order valence-corrected chi connectivity index (χ3v) is 4.04. The van der Waals surface area contributed by atoms with Crippen LogP contribution in [0.2, 0.25) is 0 Å². The number of rotatable bonds is 7. The first-order valence-electron chi connectivity index (χ1n) is 8.06. The van der Waals surface area contributed by atoms with E-state index in [1.807, 2.05) is 19.3 Å². The van der Waals surface area contributed by atoms with Crippen molar-refractivity contribution in [2.45, 2.75) is 19.9 Å². The van der Waals surface area contributed by atoms with E-state index >= 15 is 0 Å². The maximum Gasteiger partial charge on any atom is 0.221 e. The predicted octanol–water partition coefficient (Wildman–Crippen LogP) is 1.71. The van der Waals surface area contributed by atoms with Gasteiger partial charge in [0.25, 0.3) is 0 Å². The molecule has 1 aromatic heterocycles. The van der Waals surface area contributed by atoms with Gasteiger partial charge in [-0.1, -0.05) is 13.0 Å². The largest absolute Gasteiger partial charge is 0.354 e. The number of amides is 1. The van der Waals surface area contributed by atoms with Crippen LogP contribution in [0.15, 0.2) is 18.3 Å². The Bertz CT molecular complexity index is 467. The molecule has 25 heavy (non-hydrogen) atoms. The Morgan fingerprint density at radius 1 is 1.16 bits per heavy atom. The Morgan fingerprint density at radius 3 is 2.36 bits per heavy atom. The molecule has 0 aliphatic carbocycles. The summed E-state index contributed by atoms with van der Waals surface area (Å²) in [5.74, 6) is 1.09. The first kappa shape index (κ1) is 26.4. The molecule has 1 saturated heterocycles. The van der Waals surface area contributed by atoms with Gasteiger partial charge in [-0.15, -0.1) is 37.2 Å². The number of piperazine rings is 1. The molecule has 0 radical (unpaired) electrons. The van der Waals surface area contributed by atoms with Gasteiger partial charge in [-0.2, -0.15) is 0 Å². The van der Waals surface area contributed by atoms with Crippen molar-refractivity contribution in [1.82, 2.24) is 20.5 Å². The summed E-state index contributed by atoms with van der Waals surface area (Å²) in [6.07, 6.45) is 2.36. The Kier molecular flexibility index (Phi) is 15.2. The second-order valence-electron chi connectivity index (χ2n) is 5.58. The number of nitrogens with zero attached hydrogens (tertiary/aromatic N) is 3. The summed E-state index contributed by atoms with van der Waals surface area (Å²) in [5.41, 5.74) is 1.04. The molecule has 0 bridgehead atoms. The standard InChI is InChI=1S/C16H27N5O.3ClH/c1-3-20-8-10-21(11-9-20)15-5-4-14(12-18-15)13-19-16(22)6-7-17-2;;;/h4-5,12,17H,3,6-11,13H2,1-2H3,(H,19,22);3*1H. The van der Waals surface area contributed by atoms with Crippen LogP contribution in [0.1, 0.15) is 18.9 Å². The number of carbonyl (C=O) groups is 1. The van der Waals surface area contributed by atoms with E-state index in [0.717, 1.165) is 44.1 Å². The third-order valence-electron chi connectivity index (χ3n) is 4.04. The topological polar surface area (TPSA) is 60.5 Å². The highest BCUT2D eigenvalue weighted by atomic mass is 35.5. The number of halogens is 3. The second kappa shape index (κ2) is 14.4. The molecule has 1 fully saturated rings. The number of likely N-dealkylation sites (N-methyl/N-ethyl adjacent to an activating group) is 1. The highest BCUT2D eigenvalue weighted by Gasteiger charge is 2.16. The monoisotopic (exact) mass is 413 g/mol. The van der Waals surface area contributed by atoms with Gasteiger partial charge in [0.15, 0.2) is 0 Å². The number of hydrogen-bond acceptors (Lipinski definition) is 5. The molecule has 0 spiro atoms. The van der Waals surface area contributed by atoms with Crippen molar-refractivity contribution in [3.63, 3.8) is 0 Å². The fourth-order valence-electron chi connectivity index (χ4n) is 2.53. The smallest absolute Gasteiger partial charge is 0.221 e. The lowest BCUT2D eigenvalue weighted by molar-refractivity contribution is -0.121. The first-order valence-corrected chi connectivity index (χ1v) is 8.06. The Balaban J connectivity index is 0. The molecule has 2 rings (SSSR count). The molecule has 0 unspecified atom stereocenters. The Morgan fingerprint density at radius 2 is 1.84 bits per heavy atom. The summed E-state index contributed by atoms with van der Waals surface area (Å²) in [7, 11) is 1.84. The average molecular weight is 415 g/mol. The van der Waals surface area contributed by atoms with Crippen LogP contribution in [0.3, 0.4) is 0 Å². The second-order valence-corrected chi connectivity index (χ2v) is 5.58. The van der Waals surface area contributed by atoms with Crippen LogP contribution in [-0.4, -0.2) is 62.1 Å². The van der Waals surface area contributed by atoms with Crippen LogP contribution in [-0.2, 0) is 11.3 Å². The van der Waals surface area contributed by atoms with Crippen molar-refractivity contribution in [3.05, 3.63) is 23.9 Å². The van der Waals surface area contributed by atoms with Crippen molar-refractivity contribution in [2.24, 2.45) is 0 Å². The number of hydrogen-bond donors (Lipinski definition) is 2. The maximum atomic E-state index is 11.6. The van der Waals surface area contributed by atoms with E-state index in [1.165, 1.54) is 0 Å². The van der Waals surface area contributed by atoms with Gasteiger partial charge in [0.2, 0.25) is 5.91 Å². The van der Waals surface area contributed by atoms with Crippen LogP contribution in [0.4, 0.5) is 5.82 Å². The Hall–Kier alpha value is -0.790. The van der Waals surface area contributed by atoms with Gasteiger partial charge in [-0.05, 0) is 25.2 Å². The molecule has 1 amide bonds. The van der Waals surface area contributed by atoms with Crippen LogP contribution in [0, 0.1) is 0 Å². The van der Waals surface area contributed by atoms with Crippen molar-refractivity contribution in [1.29, 1.82) is 0 Å². The minimum atomic E-state index is 0. The van der Waals surface area contributed by atoms with Crippen LogP contribution in [0.25, 0.3) is 0 Å². The van der Waals surface area contributed by atoms with E-state index in [9.17, 15) is 4.79 Å². The molecule has 2 heterocycles. The molecule has 1 aromatic rings. The number of carbonyl (C=O) groups excluding carboxylic acids is 1. The normalized spacial score (nSPS) is 13.9. The maximum absolute atomic E-state index is 11.6. The fraction of sp³-hybridized carbons (Fsp3) is 0.625. The summed E-state index contributed by atoms with van der Waals surface area (Å²) in [5, 5.41) is 5.87. The summed E-state index contributed by atoms with van der Waals surface area (Å²) in [6.45, 7) is 8.82. The van der Waals surface area contributed by atoms with Crippen LogP contribution in [0.5, 0.6) is 0 Å². The van der Waals surface area contributed by atoms with E-state index in [2.05, 4.69) is 38.4 Å². The molecule has 9 heteroatoms. The molecular weight excluding hydrogens is 385 g/mol. The SMILES string of the molecule is CCN1CCN(c2ccc(CNC(=O)CCNC)cn2)CC1.Cl.Cl.Cl. The molecule has 0 aromatic carbocycles. The fourth-order valence-corrected chi connectivity index (χ4v) is 2.53. The van der Waals surface area contributed by atoms with E-state index in [4.69, 9.17) is 0 Å². The van der Waals surface area contributed by atoms with Gasteiger partial charge in [0, 0.05) is 51.9 Å². The molecule has 1 aliphatic rings. The zero-order chi connectivity index (χ0) is 15.8. The zero-order valence-corrected chi connectivity index (χ0v) is 17.3. The van der Waals surface area contributed by atoms with Crippen molar-refractivity contribution in [3.8, 4) is 0 Å². The van der Waals surface area contributed by atoms with E-state index < -0.39 is 0 Å². The van der Waals surface area contributed by atoms with E-state index in [0.29, 0.717) is 19.5 Å². The molecule has 0 atom stereocenters. The highest BCUT2D eigenvalue weighted by molar-refractivity contribution is 5.86. The third kappa shape index (κ3) is 8.92. The quantitative estimate of drug-likeness (QED) is 0.711. The lowest BCUT2D eigenvalue weighted by atomic mass is 10.2. The number of aromatic nitrogens is 1. The van der Waals surface area contributed by atoms with Crippen LogP contribution >= 0.6 is 37.2 Å². The van der Waals surface area contributed by atoms with Crippen LogP contribution < -0.4 is 15.5 Å². The highest BCUT2D eigenvalue weighted by Crippen LogP contribution is 2.14. The van der Waals surface area contributed by atoms with Gasteiger partial charge in [-0.3, -0.25) is 4.79 Å². The Labute approximate surface area is 169 Å². The summed E-state index contributed by atoms with van der Waals surface area (Å²) in [6, 6.07) is 4.10. The molecule has 146 valence electrons. The minimum absolute atomic E-state index is 0. The lowest BCUT2D eigenvalue weighted by Gasteiger charge is -2.34. The first-order chi connectivity index (χ1) is 10.7. The minimum Gasteiger partial charge on any atom is -0.354 e. The van der Waals surface area contributed by atoms with Crippen molar-refractivity contribution in [2.75, 3.05) is 51.2 Å². The molecule has 0 saturated carbocycles. The lowest BCUT2D eigenvalue weighted by Crippen LogP contribution is -2.46. The van der Waals surface area contributed by atoms with Gasteiger partial charge >= 0.3 is 0 Å². The average Bonchev–Trinajstić information content (AvgIpc) is 2.58. The summed E-state index contributed by atoms with van der Waals surface area (Å²) < 4.78 is 0. The van der Waals surface area contributed by atoms with Gasteiger partial charge in [0.1, 0.15) is 5.82 Å². The molecular formula is C16H30Cl3N5O. The number of anilines is 1. The van der Waals surface area contributed by atoms with Crippen molar-refractivity contribution < 1.29 is 4.79 Å². The summed E-state index contributed by atoms with van der Waals surface area (Å²) in [4.78, 5) is 20.9. The van der Waals surface area contributed by atoms with Gasteiger partial charge in [-0.25, -0.2) is 4.98 Å². The zero-order valence-electron chi connectivity index (χ0n) is 14.9. The van der Waals surface area contributed by atoms with Gasteiger partial charge < -0.3 is 20.4 Å².